The maximum Gasteiger partial charge on any atom is 0.310 e. The molecule has 0 radical (unpaired) electrons. The van der Waals surface area contributed by atoms with Crippen LogP contribution in [0.15, 0.2) is 24.3 Å². The van der Waals surface area contributed by atoms with Crippen LogP contribution < -0.4 is 4.90 Å². The zero-order chi connectivity index (χ0) is 18.5. The minimum absolute atomic E-state index is 0.218. The number of hydrogen-bond donors (Lipinski definition) is 0. The van der Waals surface area contributed by atoms with Crippen LogP contribution >= 0.6 is 0 Å². The molecule has 3 rings (SSSR count). The summed E-state index contributed by atoms with van der Waals surface area (Å²) in [5.41, 5.74) is 1.68. The second kappa shape index (κ2) is 7.79. The maximum atomic E-state index is 12.1. The Kier molecular flexibility index (Phi) is 5.28. The molecular formula is C19H19N5O2. The minimum atomic E-state index is -1.01. The summed E-state index contributed by atoms with van der Waals surface area (Å²) in [6.07, 6.45) is 1.56. The highest BCUT2D eigenvalue weighted by Gasteiger charge is 2.31. The number of carbonyl (C=O) groups is 1. The second-order valence-electron chi connectivity index (χ2n) is 6.15. The van der Waals surface area contributed by atoms with Crippen LogP contribution in [0.1, 0.15) is 31.4 Å². The summed E-state index contributed by atoms with van der Waals surface area (Å²) < 4.78 is 5.15. The number of benzene rings is 1. The van der Waals surface area contributed by atoms with Crippen molar-refractivity contribution < 1.29 is 9.53 Å². The Bertz CT molecular complexity index is 885. The Morgan fingerprint density at radius 1 is 1.31 bits per heavy atom. The molecule has 26 heavy (non-hydrogen) atoms. The largest absolute Gasteiger partial charge is 0.466 e. The summed E-state index contributed by atoms with van der Waals surface area (Å²) in [6, 6.07) is 11.3. The number of ether oxygens (including phenoxy) is 1. The van der Waals surface area contributed by atoms with Crippen LogP contribution in [0.5, 0.6) is 0 Å². The van der Waals surface area contributed by atoms with Gasteiger partial charge in [-0.1, -0.05) is 12.1 Å². The van der Waals surface area contributed by atoms with Gasteiger partial charge in [0.1, 0.15) is 5.69 Å². The van der Waals surface area contributed by atoms with Gasteiger partial charge in [-0.25, -0.2) is 9.97 Å². The Labute approximate surface area is 151 Å². The lowest BCUT2D eigenvalue weighted by molar-refractivity contribution is -0.148. The van der Waals surface area contributed by atoms with Gasteiger partial charge in [-0.3, -0.25) is 4.79 Å². The van der Waals surface area contributed by atoms with Gasteiger partial charge in [0, 0.05) is 13.1 Å². The van der Waals surface area contributed by atoms with Crippen molar-refractivity contribution >= 4 is 22.8 Å². The zero-order valence-electron chi connectivity index (χ0n) is 14.6. The molecule has 0 saturated carbocycles. The Hall–Kier alpha value is -3.19. The van der Waals surface area contributed by atoms with Crippen molar-refractivity contribution in [3.05, 3.63) is 30.0 Å². The first-order chi connectivity index (χ1) is 12.7. The second-order valence-corrected chi connectivity index (χ2v) is 6.15. The molecule has 0 aliphatic carbocycles. The number of nitrogens with zero attached hydrogens (tertiary/aromatic N) is 5. The van der Waals surface area contributed by atoms with E-state index in [9.17, 15) is 15.3 Å². The smallest absolute Gasteiger partial charge is 0.310 e. The lowest BCUT2D eigenvalue weighted by atomic mass is 9.97. The Morgan fingerprint density at radius 2 is 2.00 bits per heavy atom. The van der Waals surface area contributed by atoms with E-state index in [4.69, 9.17) is 4.74 Å². The molecule has 1 saturated heterocycles. The molecule has 2 heterocycles. The topological polar surface area (TPSA) is 103 Å². The van der Waals surface area contributed by atoms with Crippen LogP contribution in [0, 0.1) is 28.6 Å². The van der Waals surface area contributed by atoms with Crippen molar-refractivity contribution in [1.29, 1.82) is 10.5 Å². The summed E-state index contributed by atoms with van der Waals surface area (Å²) in [4.78, 5) is 23.3. The minimum Gasteiger partial charge on any atom is -0.466 e. The predicted molar refractivity (Wildman–Crippen MR) is 95.1 cm³/mol. The van der Waals surface area contributed by atoms with Crippen molar-refractivity contribution in [2.45, 2.75) is 25.7 Å². The van der Waals surface area contributed by atoms with E-state index in [1.54, 1.807) is 13.0 Å². The number of hydrogen-bond acceptors (Lipinski definition) is 7. The van der Waals surface area contributed by atoms with Crippen molar-refractivity contribution in [2.24, 2.45) is 5.92 Å². The van der Waals surface area contributed by atoms with Gasteiger partial charge in [0.2, 0.25) is 0 Å². The fourth-order valence-electron chi connectivity index (χ4n) is 3.20. The summed E-state index contributed by atoms with van der Waals surface area (Å²) >= 11 is 0. The van der Waals surface area contributed by atoms with Gasteiger partial charge in [-0.05, 0) is 31.9 Å². The van der Waals surface area contributed by atoms with Crippen molar-refractivity contribution in [1.82, 2.24) is 9.97 Å². The van der Waals surface area contributed by atoms with Crippen LogP contribution in [0.4, 0.5) is 5.82 Å². The number of nitriles is 2. The molecule has 7 heteroatoms. The first-order valence-corrected chi connectivity index (χ1v) is 8.65. The van der Waals surface area contributed by atoms with E-state index in [-0.39, 0.29) is 11.9 Å². The normalized spacial score (nSPS) is 16.9. The SMILES string of the molecule is CCOC(=O)C1CCCN(c2nc3ccccc3nc2C(C#N)C#N)C1. The van der Waals surface area contributed by atoms with E-state index in [0.717, 1.165) is 12.8 Å². The summed E-state index contributed by atoms with van der Waals surface area (Å²) in [5, 5.41) is 18.7. The lowest BCUT2D eigenvalue weighted by Gasteiger charge is -2.33. The van der Waals surface area contributed by atoms with Crippen LogP contribution in [0.3, 0.4) is 0 Å². The molecule has 7 nitrogen and oxygen atoms in total. The van der Waals surface area contributed by atoms with Crippen LogP contribution in [0.25, 0.3) is 11.0 Å². The fourth-order valence-corrected chi connectivity index (χ4v) is 3.20. The van der Waals surface area contributed by atoms with Gasteiger partial charge in [-0.2, -0.15) is 10.5 Å². The van der Waals surface area contributed by atoms with E-state index < -0.39 is 5.92 Å². The van der Waals surface area contributed by atoms with Crippen molar-refractivity contribution in [3.8, 4) is 12.1 Å². The van der Waals surface area contributed by atoms with Crippen molar-refractivity contribution in [3.63, 3.8) is 0 Å². The number of rotatable bonds is 4. The number of anilines is 1. The van der Waals surface area contributed by atoms with E-state index in [2.05, 4.69) is 9.97 Å². The van der Waals surface area contributed by atoms with Gasteiger partial charge < -0.3 is 9.64 Å². The van der Waals surface area contributed by atoms with Crippen LogP contribution in [-0.2, 0) is 9.53 Å². The van der Waals surface area contributed by atoms with Gasteiger partial charge in [0.05, 0.1) is 35.7 Å². The van der Waals surface area contributed by atoms with E-state index in [0.29, 0.717) is 42.2 Å². The van der Waals surface area contributed by atoms with Gasteiger partial charge in [-0.15, -0.1) is 0 Å². The fraction of sp³-hybridized carbons (Fsp3) is 0.421. The molecule has 0 spiro atoms. The third-order valence-corrected chi connectivity index (χ3v) is 4.45. The van der Waals surface area contributed by atoms with E-state index in [1.165, 1.54) is 0 Å². The molecule has 0 amide bonds. The highest BCUT2D eigenvalue weighted by Crippen LogP contribution is 2.30. The highest BCUT2D eigenvalue weighted by molar-refractivity contribution is 5.78. The molecule has 1 aromatic heterocycles. The third-order valence-electron chi connectivity index (χ3n) is 4.45. The quantitative estimate of drug-likeness (QED) is 0.781. The van der Waals surface area contributed by atoms with Gasteiger partial charge in [0.25, 0.3) is 0 Å². The lowest BCUT2D eigenvalue weighted by Crippen LogP contribution is -2.40. The summed E-state index contributed by atoms with van der Waals surface area (Å²) in [5.74, 6) is -0.965. The number of aromatic nitrogens is 2. The standard InChI is InChI=1S/C19H19N5O2/c1-2-26-19(25)13-6-5-9-24(12-13)18-17(14(10-20)11-21)22-15-7-3-4-8-16(15)23-18/h3-4,7-8,13-14H,2,5-6,9,12H2,1H3. The summed E-state index contributed by atoms with van der Waals surface area (Å²) in [7, 11) is 0. The average molecular weight is 349 g/mol. The Balaban J connectivity index is 2.02. The number of esters is 1. The molecule has 0 bridgehead atoms. The van der Waals surface area contributed by atoms with E-state index in [1.807, 2.05) is 35.2 Å². The average Bonchev–Trinajstić information content (AvgIpc) is 2.68. The van der Waals surface area contributed by atoms with Crippen LogP contribution in [0.2, 0.25) is 0 Å². The molecule has 0 N–H and O–H groups in total. The van der Waals surface area contributed by atoms with E-state index >= 15 is 0 Å². The maximum absolute atomic E-state index is 12.1. The predicted octanol–water partition coefficient (Wildman–Crippen LogP) is 2.54. The third kappa shape index (κ3) is 3.43. The molecule has 132 valence electrons. The van der Waals surface area contributed by atoms with Gasteiger partial charge in [0.15, 0.2) is 11.7 Å². The molecule has 1 aliphatic heterocycles. The monoisotopic (exact) mass is 349 g/mol. The molecule has 1 atom stereocenters. The molecule has 1 fully saturated rings. The van der Waals surface area contributed by atoms with Crippen molar-refractivity contribution in [2.75, 3.05) is 24.6 Å². The highest BCUT2D eigenvalue weighted by atomic mass is 16.5. The molecule has 1 aliphatic rings. The zero-order valence-corrected chi connectivity index (χ0v) is 14.6. The number of para-hydroxylation sites is 2. The Morgan fingerprint density at radius 3 is 2.65 bits per heavy atom. The molecule has 1 aromatic carbocycles. The molecule has 1 unspecified atom stereocenters. The van der Waals surface area contributed by atoms with Gasteiger partial charge >= 0.3 is 5.97 Å². The first kappa shape index (κ1) is 17.6. The number of piperidine rings is 1. The molecule has 2 aromatic rings. The van der Waals surface area contributed by atoms with Crippen LogP contribution in [-0.4, -0.2) is 35.6 Å². The summed E-state index contributed by atoms with van der Waals surface area (Å²) in [6.45, 7) is 3.28. The number of carbonyl (C=O) groups excluding carboxylic acids is 1. The molecular weight excluding hydrogens is 330 g/mol. The first-order valence-electron chi connectivity index (χ1n) is 8.65. The number of fused-ring (bicyclic) bond motifs is 1.